The summed E-state index contributed by atoms with van der Waals surface area (Å²) in [6.45, 7) is 3.96. The molecule has 0 saturated heterocycles. The molecule has 0 saturated carbocycles. The number of ether oxygens (including phenoxy) is 2. The molecule has 142 valence electrons. The SMILES string of the molecule is CCNC(=NCc1ccc(Cl)cc1)NCc1cccc(OC)c1OC.I. The first-order valence-corrected chi connectivity index (χ1v) is 8.52. The van der Waals surface area contributed by atoms with Crippen LogP contribution >= 0.6 is 35.6 Å². The van der Waals surface area contributed by atoms with E-state index in [1.54, 1.807) is 14.2 Å². The van der Waals surface area contributed by atoms with E-state index in [2.05, 4.69) is 15.6 Å². The minimum Gasteiger partial charge on any atom is -0.493 e. The second-order valence-corrected chi connectivity index (χ2v) is 5.76. The average Bonchev–Trinajstić information content (AvgIpc) is 2.64. The van der Waals surface area contributed by atoms with Gasteiger partial charge in [-0.15, -0.1) is 24.0 Å². The summed E-state index contributed by atoms with van der Waals surface area (Å²) < 4.78 is 10.8. The Bertz CT molecular complexity index is 708. The zero-order valence-corrected chi connectivity index (χ0v) is 18.3. The molecule has 5 nitrogen and oxygen atoms in total. The van der Waals surface area contributed by atoms with Crippen molar-refractivity contribution in [2.75, 3.05) is 20.8 Å². The quantitative estimate of drug-likeness (QED) is 0.347. The number of methoxy groups -OCH3 is 2. The smallest absolute Gasteiger partial charge is 0.191 e. The Morgan fingerprint density at radius 1 is 1.04 bits per heavy atom. The molecule has 0 amide bonds. The van der Waals surface area contributed by atoms with Gasteiger partial charge in [0.05, 0.1) is 20.8 Å². The molecular formula is C19H25ClIN3O2. The van der Waals surface area contributed by atoms with Crippen LogP contribution in [-0.2, 0) is 13.1 Å². The molecule has 0 fully saturated rings. The number of aliphatic imine (C=N–C) groups is 1. The van der Waals surface area contributed by atoms with Gasteiger partial charge >= 0.3 is 0 Å². The third-order valence-electron chi connectivity index (χ3n) is 3.61. The van der Waals surface area contributed by atoms with Crippen LogP contribution < -0.4 is 20.1 Å². The predicted molar refractivity (Wildman–Crippen MR) is 118 cm³/mol. The first-order valence-electron chi connectivity index (χ1n) is 8.14. The number of benzene rings is 2. The van der Waals surface area contributed by atoms with E-state index in [1.807, 2.05) is 49.4 Å². The fraction of sp³-hybridized carbons (Fsp3) is 0.316. The number of halogens is 2. The standard InChI is InChI=1S/C19H24ClN3O2.HI/c1-4-21-19(22-12-14-8-10-16(20)11-9-14)23-13-15-6-5-7-17(24-2)18(15)25-3;/h5-11H,4,12-13H2,1-3H3,(H2,21,22,23);1H. The number of hydrogen-bond acceptors (Lipinski definition) is 3. The first kappa shape index (κ1) is 22.4. The monoisotopic (exact) mass is 489 g/mol. The number of rotatable bonds is 7. The van der Waals surface area contributed by atoms with Crippen molar-refractivity contribution in [3.05, 3.63) is 58.6 Å². The third-order valence-corrected chi connectivity index (χ3v) is 3.86. The summed E-state index contributed by atoms with van der Waals surface area (Å²) in [6.07, 6.45) is 0. The minimum absolute atomic E-state index is 0. The molecule has 7 heteroatoms. The van der Waals surface area contributed by atoms with E-state index in [4.69, 9.17) is 21.1 Å². The molecule has 0 bridgehead atoms. The van der Waals surface area contributed by atoms with E-state index < -0.39 is 0 Å². The number of hydrogen-bond donors (Lipinski definition) is 2. The second-order valence-electron chi connectivity index (χ2n) is 5.33. The fourth-order valence-corrected chi connectivity index (χ4v) is 2.50. The molecule has 0 unspecified atom stereocenters. The largest absolute Gasteiger partial charge is 0.493 e. The maximum Gasteiger partial charge on any atom is 0.191 e. The first-order chi connectivity index (χ1) is 12.2. The zero-order chi connectivity index (χ0) is 18.1. The average molecular weight is 490 g/mol. The van der Waals surface area contributed by atoms with Crippen molar-refractivity contribution >= 4 is 41.5 Å². The third kappa shape index (κ3) is 6.57. The molecule has 0 atom stereocenters. The van der Waals surface area contributed by atoms with Gasteiger partial charge in [-0.2, -0.15) is 0 Å². The van der Waals surface area contributed by atoms with Gasteiger partial charge in [0.25, 0.3) is 0 Å². The Morgan fingerprint density at radius 2 is 1.77 bits per heavy atom. The summed E-state index contributed by atoms with van der Waals surface area (Å²) in [7, 11) is 3.27. The summed E-state index contributed by atoms with van der Waals surface area (Å²) in [5.41, 5.74) is 2.10. The molecule has 2 aromatic rings. The predicted octanol–water partition coefficient (Wildman–Crippen LogP) is 4.23. The molecule has 0 radical (unpaired) electrons. The van der Waals surface area contributed by atoms with Crippen LogP contribution in [0.5, 0.6) is 11.5 Å². The lowest BCUT2D eigenvalue weighted by Crippen LogP contribution is -2.36. The van der Waals surface area contributed by atoms with Crippen molar-refractivity contribution in [3.63, 3.8) is 0 Å². The highest BCUT2D eigenvalue weighted by Crippen LogP contribution is 2.30. The molecule has 0 aromatic heterocycles. The summed E-state index contributed by atoms with van der Waals surface area (Å²) >= 11 is 5.91. The molecule has 0 spiro atoms. The molecular weight excluding hydrogens is 465 g/mol. The van der Waals surface area contributed by atoms with Gasteiger partial charge in [-0.1, -0.05) is 35.9 Å². The lowest BCUT2D eigenvalue weighted by Gasteiger charge is -2.15. The number of para-hydroxylation sites is 1. The van der Waals surface area contributed by atoms with E-state index in [1.165, 1.54) is 0 Å². The minimum atomic E-state index is 0. The van der Waals surface area contributed by atoms with Crippen LogP contribution in [0.15, 0.2) is 47.5 Å². The van der Waals surface area contributed by atoms with E-state index in [-0.39, 0.29) is 24.0 Å². The molecule has 0 aliphatic rings. The van der Waals surface area contributed by atoms with E-state index >= 15 is 0 Å². The number of guanidine groups is 1. The van der Waals surface area contributed by atoms with Crippen molar-refractivity contribution in [2.45, 2.75) is 20.0 Å². The van der Waals surface area contributed by atoms with Crippen molar-refractivity contribution in [3.8, 4) is 11.5 Å². The lowest BCUT2D eigenvalue weighted by atomic mass is 10.2. The van der Waals surface area contributed by atoms with Crippen LogP contribution in [0.2, 0.25) is 5.02 Å². The molecule has 0 aliphatic heterocycles. The Hall–Kier alpha value is -1.67. The number of nitrogens with zero attached hydrogens (tertiary/aromatic N) is 1. The Morgan fingerprint density at radius 3 is 2.38 bits per heavy atom. The fourth-order valence-electron chi connectivity index (χ4n) is 2.37. The normalized spacial score (nSPS) is 10.7. The topological polar surface area (TPSA) is 54.9 Å². The second kappa shape index (κ2) is 11.9. The van der Waals surface area contributed by atoms with Crippen molar-refractivity contribution < 1.29 is 9.47 Å². The lowest BCUT2D eigenvalue weighted by molar-refractivity contribution is 0.351. The Kier molecular flexibility index (Phi) is 10.2. The summed E-state index contributed by atoms with van der Waals surface area (Å²) in [5, 5.41) is 7.29. The van der Waals surface area contributed by atoms with Crippen LogP contribution in [0, 0.1) is 0 Å². The van der Waals surface area contributed by atoms with Gasteiger partial charge < -0.3 is 20.1 Å². The Labute approximate surface area is 177 Å². The molecule has 2 aromatic carbocycles. The zero-order valence-electron chi connectivity index (χ0n) is 15.2. The molecule has 2 rings (SSSR count). The summed E-state index contributed by atoms with van der Waals surface area (Å²) in [6, 6.07) is 13.5. The maximum absolute atomic E-state index is 5.91. The Balaban J connectivity index is 0.00000338. The van der Waals surface area contributed by atoms with E-state index in [0.29, 0.717) is 18.8 Å². The van der Waals surface area contributed by atoms with Gasteiger partial charge in [0.2, 0.25) is 0 Å². The molecule has 26 heavy (non-hydrogen) atoms. The highest BCUT2D eigenvalue weighted by Gasteiger charge is 2.09. The van der Waals surface area contributed by atoms with Crippen molar-refractivity contribution in [1.29, 1.82) is 0 Å². The summed E-state index contributed by atoms with van der Waals surface area (Å²) in [5.74, 6) is 2.18. The molecule has 2 N–H and O–H groups in total. The van der Waals surface area contributed by atoms with Crippen LogP contribution in [0.1, 0.15) is 18.1 Å². The van der Waals surface area contributed by atoms with Gasteiger partial charge in [0.1, 0.15) is 0 Å². The van der Waals surface area contributed by atoms with Crippen LogP contribution in [0.3, 0.4) is 0 Å². The molecule has 0 heterocycles. The van der Waals surface area contributed by atoms with Crippen molar-refractivity contribution in [2.24, 2.45) is 4.99 Å². The van der Waals surface area contributed by atoms with Gasteiger partial charge in [0.15, 0.2) is 17.5 Å². The van der Waals surface area contributed by atoms with Crippen LogP contribution in [-0.4, -0.2) is 26.7 Å². The van der Waals surface area contributed by atoms with E-state index in [0.717, 1.165) is 34.4 Å². The highest BCUT2D eigenvalue weighted by molar-refractivity contribution is 14.0. The van der Waals surface area contributed by atoms with Gasteiger partial charge in [0, 0.05) is 23.7 Å². The van der Waals surface area contributed by atoms with Crippen LogP contribution in [0.4, 0.5) is 0 Å². The summed E-state index contributed by atoms with van der Waals surface area (Å²) in [4.78, 5) is 4.61. The molecule has 0 aliphatic carbocycles. The van der Waals surface area contributed by atoms with Crippen molar-refractivity contribution in [1.82, 2.24) is 10.6 Å². The maximum atomic E-state index is 5.91. The number of nitrogens with one attached hydrogen (secondary N) is 2. The van der Waals surface area contributed by atoms with Gasteiger partial charge in [-0.05, 0) is 30.7 Å². The van der Waals surface area contributed by atoms with E-state index in [9.17, 15) is 0 Å². The highest BCUT2D eigenvalue weighted by atomic mass is 127. The van der Waals surface area contributed by atoms with Gasteiger partial charge in [-0.25, -0.2) is 4.99 Å². The van der Waals surface area contributed by atoms with Crippen LogP contribution in [0.25, 0.3) is 0 Å². The van der Waals surface area contributed by atoms with Gasteiger partial charge in [-0.3, -0.25) is 0 Å².